The SMILES string of the molecule is CSCc1cc(=O)cc(CO)[nH]1. The molecule has 0 atom stereocenters. The molecule has 0 saturated carbocycles. The summed E-state index contributed by atoms with van der Waals surface area (Å²) in [6, 6.07) is 2.96. The van der Waals surface area contributed by atoms with Crippen molar-refractivity contribution >= 4 is 11.8 Å². The van der Waals surface area contributed by atoms with Gasteiger partial charge in [0.25, 0.3) is 0 Å². The first-order valence-electron chi connectivity index (χ1n) is 3.58. The number of aliphatic hydroxyl groups is 1. The van der Waals surface area contributed by atoms with Gasteiger partial charge in [0.2, 0.25) is 0 Å². The Morgan fingerprint density at radius 2 is 2.17 bits per heavy atom. The van der Waals surface area contributed by atoms with Crippen molar-refractivity contribution in [3.63, 3.8) is 0 Å². The van der Waals surface area contributed by atoms with Gasteiger partial charge in [-0.3, -0.25) is 4.79 Å². The van der Waals surface area contributed by atoms with Crippen LogP contribution in [0, 0.1) is 0 Å². The molecule has 0 aromatic carbocycles. The first-order chi connectivity index (χ1) is 5.76. The fraction of sp³-hybridized carbons (Fsp3) is 0.375. The molecule has 2 N–H and O–H groups in total. The van der Waals surface area contributed by atoms with Gasteiger partial charge in [0.1, 0.15) is 0 Å². The quantitative estimate of drug-likeness (QED) is 0.730. The second-order valence-electron chi connectivity index (χ2n) is 2.46. The second kappa shape index (κ2) is 4.33. The summed E-state index contributed by atoms with van der Waals surface area (Å²) < 4.78 is 0. The topological polar surface area (TPSA) is 53.1 Å². The lowest BCUT2D eigenvalue weighted by atomic mass is 10.3. The second-order valence-corrected chi connectivity index (χ2v) is 3.32. The standard InChI is InChI=1S/C8H11NO2S/c1-12-5-7-3-8(11)2-6(4-10)9-7/h2-3,10H,4-5H2,1H3,(H,9,11). The van der Waals surface area contributed by atoms with E-state index in [9.17, 15) is 4.79 Å². The zero-order chi connectivity index (χ0) is 8.97. The summed E-state index contributed by atoms with van der Waals surface area (Å²) in [5.74, 6) is 0.767. The summed E-state index contributed by atoms with van der Waals surface area (Å²) in [7, 11) is 0. The fourth-order valence-electron chi connectivity index (χ4n) is 0.982. The van der Waals surface area contributed by atoms with Crippen LogP contribution in [0.5, 0.6) is 0 Å². The van der Waals surface area contributed by atoms with Crippen molar-refractivity contribution < 1.29 is 5.11 Å². The summed E-state index contributed by atoms with van der Waals surface area (Å²) >= 11 is 1.63. The lowest BCUT2D eigenvalue weighted by Crippen LogP contribution is -2.05. The molecule has 0 fully saturated rings. The highest BCUT2D eigenvalue weighted by Crippen LogP contribution is 2.04. The van der Waals surface area contributed by atoms with Crippen LogP contribution < -0.4 is 5.43 Å². The number of rotatable bonds is 3. The molecule has 0 spiro atoms. The minimum atomic E-state index is -0.114. The summed E-state index contributed by atoms with van der Waals surface area (Å²) in [5.41, 5.74) is 1.38. The number of hydrogen-bond donors (Lipinski definition) is 2. The Balaban J connectivity index is 2.98. The lowest BCUT2D eigenvalue weighted by Gasteiger charge is -2.01. The van der Waals surface area contributed by atoms with Crippen LogP contribution in [0.4, 0.5) is 0 Å². The Morgan fingerprint density at radius 3 is 2.75 bits per heavy atom. The van der Waals surface area contributed by atoms with Gasteiger partial charge in [0.15, 0.2) is 5.43 Å². The molecule has 1 rings (SSSR count). The number of thioether (sulfide) groups is 1. The third kappa shape index (κ3) is 2.39. The van der Waals surface area contributed by atoms with Crippen LogP contribution >= 0.6 is 11.8 Å². The van der Waals surface area contributed by atoms with E-state index in [4.69, 9.17) is 5.11 Å². The zero-order valence-corrected chi connectivity index (χ0v) is 7.65. The van der Waals surface area contributed by atoms with Gasteiger partial charge in [-0.1, -0.05) is 0 Å². The molecule has 0 aliphatic rings. The van der Waals surface area contributed by atoms with Gasteiger partial charge in [-0.2, -0.15) is 11.8 Å². The maximum atomic E-state index is 11.0. The highest BCUT2D eigenvalue weighted by Gasteiger charge is 1.96. The van der Waals surface area contributed by atoms with Gasteiger partial charge in [0.05, 0.1) is 6.61 Å². The van der Waals surface area contributed by atoms with Crippen molar-refractivity contribution in [1.82, 2.24) is 4.98 Å². The first-order valence-corrected chi connectivity index (χ1v) is 4.97. The maximum absolute atomic E-state index is 11.0. The molecular weight excluding hydrogens is 174 g/mol. The Kier molecular flexibility index (Phi) is 3.37. The number of aliphatic hydroxyl groups excluding tert-OH is 1. The molecule has 0 bridgehead atoms. The summed E-state index contributed by atoms with van der Waals surface area (Å²) in [6.07, 6.45) is 1.96. The Morgan fingerprint density at radius 1 is 1.50 bits per heavy atom. The highest BCUT2D eigenvalue weighted by atomic mass is 32.2. The maximum Gasteiger partial charge on any atom is 0.182 e. The molecule has 3 nitrogen and oxygen atoms in total. The molecular formula is C8H11NO2S. The average molecular weight is 185 g/mol. The molecule has 66 valence electrons. The third-order valence-electron chi connectivity index (χ3n) is 1.42. The monoisotopic (exact) mass is 185 g/mol. The van der Waals surface area contributed by atoms with Gasteiger partial charge < -0.3 is 10.1 Å². The van der Waals surface area contributed by atoms with Crippen molar-refractivity contribution in [2.24, 2.45) is 0 Å². The van der Waals surface area contributed by atoms with Gasteiger partial charge in [-0.25, -0.2) is 0 Å². The van der Waals surface area contributed by atoms with E-state index in [2.05, 4.69) is 4.98 Å². The van der Waals surface area contributed by atoms with Crippen LogP contribution in [0.2, 0.25) is 0 Å². The molecule has 4 heteroatoms. The van der Waals surface area contributed by atoms with E-state index >= 15 is 0 Å². The molecule has 0 saturated heterocycles. The number of aromatic amines is 1. The first kappa shape index (κ1) is 9.35. The van der Waals surface area contributed by atoms with Crippen molar-refractivity contribution in [1.29, 1.82) is 0 Å². The lowest BCUT2D eigenvalue weighted by molar-refractivity contribution is 0.276. The van der Waals surface area contributed by atoms with E-state index < -0.39 is 0 Å². The van der Waals surface area contributed by atoms with Gasteiger partial charge in [0, 0.05) is 29.3 Å². The normalized spacial score (nSPS) is 10.2. The van der Waals surface area contributed by atoms with E-state index in [0.29, 0.717) is 5.69 Å². The molecule has 0 amide bonds. The number of aromatic nitrogens is 1. The van der Waals surface area contributed by atoms with Gasteiger partial charge >= 0.3 is 0 Å². The van der Waals surface area contributed by atoms with E-state index in [1.165, 1.54) is 6.07 Å². The minimum absolute atomic E-state index is 0.0538. The highest BCUT2D eigenvalue weighted by molar-refractivity contribution is 7.97. The number of H-pyrrole nitrogens is 1. The summed E-state index contributed by atoms with van der Waals surface area (Å²) in [6.45, 7) is -0.114. The predicted molar refractivity (Wildman–Crippen MR) is 50.2 cm³/mol. The fourth-order valence-corrected chi connectivity index (χ4v) is 1.45. The number of pyridine rings is 1. The predicted octanol–water partition coefficient (Wildman–Crippen LogP) is 0.730. The minimum Gasteiger partial charge on any atom is -0.390 e. The molecule has 1 aromatic heterocycles. The molecule has 12 heavy (non-hydrogen) atoms. The van der Waals surface area contributed by atoms with Crippen LogP contribution in [-0.2, 0) is 12.4 Å². The average Bonchev–Trinajstić information content (AvgIpc) is 2.04. The van der Waals surface area contributed by atoms with Gasteiger partial charge in [-0.05, 0) is 6.26 Å². The Hall–Kier alpha value is -0.740. The third-order valence-corrected chi connectivity index (χ3v) is 2.02. The molecule has 1 heterocycles. The molecule has 1 aromatic rings. The van der Waals surface area contributed by atoms with Crippen LogP contribution in [0.3, 0.4) is 0 Å². The Bertz CT molecular complexity index is 308. The zero-order valence-electron chi connectivity index (χ0n) is 6.83. The van der Waals surface area contributed by atoms with Crippen LogP contribution in [0.1, 0.15) is 11.4 Å². The molecule has 0 unspecified atom stereocenters. The van der Waals surface area contributed by atoms with Gasteiger partial charge in [-0.15, -0.1) is 0 Å². The van der Waals surface area contributed by atoms with Crippen LogP contribution in [0.15, 0.2) is 16.9 Å². The summed E-state index contributed by atoms with van der Waals surface area (Å²) in [4.78, 5) is 14.0. The molecule has 0 aliphatic heterocycles. The summed E-state index contributed by atoms with van der Waals surface area (Å²) in [5, 5.41) is 8.78. The van der Waals surface area contributed by atoms with Crippen molar-refractivity contribution in [3.05, 3.63) is 33.7 Å². The van der Waals surface area contributed by atoms with Crippen LogP contribution in [-0.4, -0.2) is 16.3 Å². The van der Waals surface area contributed by atoms with Crippen molar-refractivity contribution in [3.8, 4) is 0 Å². The largest absolute Gasteiger partial charge is 0.390 e. The van der Waals surface area contributed by atoms with Crippen molar-refractivity contribution in [2.45, 2.75) is 12.4 Å². The number of hydrogen-bond acceptors (Lipinski definition) is 3. The van der Waals surface area contributed by atoms with Crippen LogP contribution in [0.25, 0.3) is 0 Å². The Labute approximate surface area is 74.8 Å². The van der Waals surface area contributed by atoms with E-state index in [0.717, 1.165) is 11.4 Å². The molecule has 0 radical (unpaired) electrons. The van der Waals surface area contributed by atoms with E-state index in [-0.39, 0.29) is 12.0 Å². The molecule has 0 aliphatic carbocycles. The number of nitrogens with one attached hydrogen (secondary N) is 1. The van der Waals surface area contributed by atoms with E-state index in [1.54, 1.807) is 17.8 Å². The smallest absolute Gasteiger partial charge is 0.182 e. The van der Waals surface area contributed by atoms with Crippen molar-refractivity contribution in [2.75, 3.05) is 6.26 Å². The van der Waals surface area contributed by atoms with E-state index in [1.807, 2.05) is 6.26 Å².